The van der Waals surface area contributed by atoms with Gasteiger partial charge in [0.1, 0.15) is 4.21 Å². The third-order valence-electron chi connectivity index (χ3n) is 2.73. The van der Waals surface area contributed by atoms with Crippen LogP contribution in [0.3, 0.4) is 0 Å². The first kappa shape index (κ1) is 12.0. The summed E-state index contributed by atoms with van der Waals surface area (Å²) in [5.74, 6) is 0.493. The van der Waals surface area contributed by atoms with E-state index in [0.29, 0.717) is 10.8 Å². The molecule has 4 nitrogen and oxygen atoms in total. The zero-order valence-corrected chi connectivity index (χ0v) is 10.6. The molecular weight excluding hydrogens is 246 g/mol. The molecule has 0 aromatic carbocycles. The zero-order chi connectivity index (χ0) is 11.8. The van der Waals surface area contributed by atoms with E-state index in [2.05, 4.69) is 4.72 Å². The first-order chi connectivity index (χ1) is 7.53. The number of aliphatic hydroxyl groups is 1. The van der Waals surface area contributed by atoms with Crippen LogP contribution in [0.2, 0.25) is 0 Å². The van der Waals surface area contributed by atoms with Crippen molar-refractivity contribution in [1.29, 1.82) is 0 Å². The smallest absolute Gasteiger partial charge is 0.250 e. The van der Waals surface area contributed by atoms with Crippen LogP contribution in [-0.2, 0) is 16.6 Å². The molecule has 0 aliphatic heterocycles. The Morgan fingerprint density at radius 1 is 1.56 bits per heavy atom. The third-order valence-corrected chi connectivity index (χ3v) is 5.85. The predicted molar refractivity (Wildman–Crippen MR) is 62.7 cm³/mol. The van der Waals surface area contributed by atoms with Gasteiger partial charge in [0.2, 0.25) is 10.0 Å². The molecule has 0 bridgehead atoms. The van der Waals surface area contributed by atoms with Gasteiger partial charge in [-0.3, -0.25) is 0 Å². The lowest BCUT2D eigenvalue weighted by molar-refractivity contribution is 0.285. The van der Waals surface area contributed by atoms with E-state index in [1.54, 1.807) is 6.07 Å². The largest absolute Gasteiger partial charge is 0.391 e. The van der Waals surface area contributed by atoms with Crippen molar-refractivity contribution in [2.45, 2.75) is 36.6 Å². The summed E-state index contributed by atoms with van der Waals surface area (Å²) in [5, 5.41) is 8.89. The molecule has 0 spiro atoms. The SMILES string of the molecule is CC(NS(=O)(=O)c1ccc(CO)s1)C1CC1. The lowest BCUT2D eigenvalue weighted by Crippen LogP contribution is -2.33. The molecule has 1 saturated carbocycles. The minimum atomic E-state index is -3.40. The summed E-state index contributed by atoms with van der Waals surface area (Å²) in [6.07, 6.45) is 2.21. The maximum atomic E-state index is 11.9. The number of hydrogen-bond donors (Lipinski definition) is 2. The summed E-state index contributed by atoms with van der Waals surface area (Å²) in [6, 6.07) is 3.18. The number of nitrogens with one attached hydrogen (secondary N) is 1. The molecule has 1 atom stereocenters. The molecule has 90 valence electrons. The Labute approximate surface area is 99.4 Å². The van der Waals surface area contributed by atoms with Crippen LogP contribution in [0.4, 0.5) is 0 Å². The minimum absolute atomic E-state index is 0.00433. The highest BCUT2D eigenvalue weighted by atomic mass is 32.2. The topological polar surface area (TPSA) is 66.4 Å². The van der Waals surface area contributed by atoms with Crippen molar-refractivity contribution >= 4 is 21.4 Å². The van der Waals surface area contributed by atoms with Gasteiger partial charge in [-0.05, 0) is 37.8 Å². The van der Waals surface area contributed by atoms with E-state index in [0.717, 1.165) is 24.2 Å². The van der Waals surface area contributed by atoms with E-state index in [-0.39, 0.29) is 16.9 Å². The first-order valence-corrected chi connectivity index (χ1v) is 7.55. The highest BCUT2D eigenvalue weighted by Gasteiger charge is 2.31. The van der Waals surface area contributed by atoms with Crippen LogP contribution >= 0.6 is 11.3 Å². The maximum absolute atomic E-state index is 11.9. The second-order valence-corrected chi connectivity index (χ2v) is 7.24. The summed E-state index contributed by atoms with van der Waals surface area (Å²) in [6.45, 7) is 1.79. The highest BCUT2D eigenvalue weighted by molar-refractivity contribution is 7.91. The van der Waals surface area contributed by atoms with Crippen molar-refractivity contribution < 1.29 is 13.5 Å². The van der Waals surface area contributed by atoms with Crippen molar-refractivity contribution in [3.05, 3.63) is 17.0 Å². The Bertz CT molecular complexity index is 462. The second-order valence-electron chi connectivity index (χ2n) is 4.13. The van der Waals surface area contributed by atoms with Gasteiger partial charge in [-0.25, -0.2) is 13.1 Å². The predicted octanol–water partition coefficient (Wildman–Crippen LogP) is 1.32. The molecule has 1 fully saturated rings. The summed E-state index contributed by atoms with van der Waals surface area (Å²) >= 11 is 1.11. The fourth-order valence-electron chi connectivity index (χ4n) is 1.58. The van der Waals surface area contributed by atoms with Crippen LogP contribution in [0.25, 0.3) is 0 Å². The van der Waals surface area contributed by atoms with Gasteiger partial charge in [0.05, 0.1) is 6.61 Å². The second kappa shape index (κ2) is 4.44. The Balaban J connectivity index is 2.11. The van der Waals surface area contributed by atoms with Gasteiger partial charge in [0, 0.05) is 10.9 Å². The highest BCUT2D eigenvalue weighted by Crippen LogP contribution is 2.33. The van der Waals surface area contributed by atoms with Crippen LogP contribution in [0.1, 0.15) is 24.6 Å². The van der Waals surface area contributed by atoms with Gasteiger partial charge in [0.25, 0.3) is 0 Å². The van der Waals surface area contributed by atoms with Gasteiger partial charge in [-0.1, -0.05) is 0 Å². The molecule has 0 amide bonds. The first-order valence-electron chi connectivity index (χ1n) is 5.25. The lowest BCUT2D eigenvalue weighted by Gasteiger charge is -2.11. The molecule has 16 heavy (non-hydrogen) atoms. The molecule has 1 heterocycles. The molecular formula is C10H15NO3S2. The molecule has 1 aromatic heterocycles. The molecule has 6 heteroatoms. The van der Waals surface area contributed by atoms with Crippen molar-refractivity contribution in [2.75, 3.05) is 0 Å². The Hall–Kier alpha value is -0.430. The molecule has 1 aliphatic carbocycles. The Kier molecular flexibility index (Phi) is 3.34. The van der Waals surface area contributed by atoms with E-state index in [1.165, 1.54) is 6.07 Å². The van der Waals surface area contributed by atoms with Crippen LogP contribution in [0.15, 0.2) is 16.3 Å². The molecule has 0 saturated heterocycles. The minimum Gasteiger partial charge on any atom is -0.391 e. The van der Waals surface area contributed by atoms with Gasteiger partial charge in [-0.2, -0.15) is 0 Å². The van der Waals surface area contributed by atoms with Crippen molar-refractivity contribution in [3.8, 4) is 0 Å². The van der Waals surface area contributed by atoms with E-state index in [1.807, 2.05) is 6.92 Å². The van der Waals surface area contributed by atoms with Crippen molar-refractivity contribution in [2.24, 2.45) is 5.92 Å². The third kappa shape index (κ3) is 2.63. The average Bonchev–Trinajstić information content (AvgIpc) is 2.95. The van der Waals surface area contributed by atoms with Crippen molar-refractivity contribution in [1.82, 2.24) is 4.72 Å². The summed E-state index contributed by atoms with van der Waals surface area (Å²) in [7, 11) is -3.40. The molecule has 0 radical (unpaired) electrons. The van der Waals surface area contributed by atoms with Crippen LogP contribution in [-0.4, -0.2) is 19.6 Å². The molecule has 1 aromatic rings. The monoisotopic (exact) mass is 261 g/mol. The Morgan fingerprint density at radius 2 is 2.25 bits per heavy atom. The molecule has 1 unspecified atom stereocenters. The van der Waals surface area contributed by atoms with E-state index < -0.39 is 10.0 Å². The number of aliphatic hydroxyl groups excluding tert-OH is 1. The van der Waals surface area contributed by atoms with Crippen molar-refractivity contribution in [3.63, 3.8) is 0 Å². The normalized spacial score (nSPS) is 18.6. The zero-order valence-electron chi connectivity index (χ0n) is 9.01. The number of hydrogen-bond acceptors (Lipinski definition) is 4. The van der Waals surface area contributed by atoms with E-state index >= 15 is 0 Å². The van der Waals surface area contributed by atoms with E-state index in [9.17, 15) is 8.42 Å². The van der Waals surface area contributed by atoms with Crippen LogP contribution in [0, 0.1) is 5.92 Å². The van der Waals surface area contributed by atoms with Gasteiger partial charge in [-0.15, -0.1) is 11.3 Å². The molecule has 2 rings (SSSR count). The Morgan fingerprint density at radius 3 is 2.75 bits per heavy atom. The number of sulfonamides is 1. The van der Waals surface area contributed by atoms with Gasteiger partial charge in [0.15, 0.2) is 0 Å². The molecule has 2 N–H and O–H groups in total. The number of rotatable bonds is 5. The van der Waals surface area contributed by atoms with Crippen LogP contribution in [0.5, 0.6) is 0 Å². The standard InChI is InChI=1S/C10H15NO3S2/c1-7(8-2-3-8)11-16(13,14)10-5-4-9(6-12)15-10/h4-5,7-8,11-12H,2-3,6H2,1H3. The molecule has 1 aliphatic rings. The lowest BCUT2D eigenvalue weighted by atomic mass is 10.2. The average molecular weight is 261 g/mol. The van der Waals surface area contributed by atoms with Gasteiger partial charge >= 0.3 is 0 Å². The maximum Gasteiger partial charge on any atom is 0.250 e. The van der Waals surface area contributed by atoms with Crippen LogP contribution < -0.4 is 4.72 Å². The quantitative estimate of drug-likeness (QED) is 0.840. The summed E-state index contributed by atoms with van der Waals surface area (Å²) in [5.41, 5.74) is 0. The summed E-state index contributed by atoms with van der Waals surface area (Å²) in [4.78, 5) is 0.666. The van der Waals surface area contributed by atoms with E-state index in [4.69, 9.17) is 5.11 Å². The van der Waals surface area contributed by atoms with Gasteiger partial charge < -0.3 is 5.11 Å². The number of thiophene rings is 1. The summed E-state index contributed by atoms with van der Waals surface area (Å²) < 4.78 is 26.8. The fourth-order valence-corrected chi connectivity index (χ4v) is 4.13. The fraction of sp³-hybridized carbons (Fsp3) is 0.600.